The summed E-state index contributed by atoms with van der Waals surface area (Å²) in [7, 11) is 0. The number of hydrogen-bond donors (Lipinski definition) is 2. The van der Waals surface area contributed by atoms with Gasteiger partial charge in [-0.3, -0.25) is 9.36 Å². The summed E-state index contributed by atoms with van der Waals surface area (Å²) < 4.78 is 0.964. The molecule has 100 valence electrons. The zero-order valence-electron chi connectivity index (χ0n) is 10.5. The van der Waals surface area contributed by atoms with E-state index in [2.05, 4.69) is 4.85 Å². The molecule has 2 rings (SSSR count). The normalized spacial score (nSPS) is 10.0. The van der Waals surface area contributed by atoms with E-state index in [4.69, 9.17) is 11.7 Å². The van der Waals surface area contributed by atoms with Crippen LogP contribution in [0.1, 0.15) is 15.9 Å². The monoisotopic (exact) mass is 270 g/mol. The Labute approximate surface area is 114 Å². The Bertz CT molecular complexity index is 783. The van der Waals surface area contributed by atoms with Crippen molar-refractivity contribution in [1.82, 2.24) is 4.57 Å². The lowest BCUT2D eigenvalue weighted by molar-refractivity contribution is 0.0697. The van der Waals surface area contributed by atoms with Crippen LogP contribution in [0.25, 0.3) is 10.5 Å². The minimum Gasteiger partial charge on any atom is -0.502 e. The predicted octanol–water partition coefficient (Wildman–Crippen LogP) is 2.10. The van der Waals surface area contributed by atoms with Crippen LogP contribution in [-0.4, -0.2) is 20.7 Å². The molecular weight excluding hydrogens is 260 g/mol. The number of nitrogens with zero attached hydrogens (tertiary/aromatic N) is 2. The minimum atomic E-state index is -1.08. The van der Waals surface area contributed by atoms with Crippen LogP contribution in [0.5, 0.6) is 5.88 Å². The van der Waals surface area contributed by atoms with E-state index in [1.54, 1.807) is 6.92 Å². The van der Waals surface area contributed by atoms with E-state index < -0.39 is 17.4 Å². The van der Waals surface area contributed by atoms with Crippen LogP contribution in [0.4, 0.5) is 5.69 Å². The minimum absolute atomic E-state index is 0.00749. The third-order valence-corrected chi connectivity index (χ3v) is 2.84. The third kappa shape index (κ3) is 2.12. The second-order valence-corrected chi connectivity index (χ2v) is 4.14. The van der Waals surface area contributed by atoms with Gasteiger partial charge in [0.25, 0.3) is 5.56 Å². The topological polar surface area (TPSA) is 83.9 Å². The van der Waals surface area contributed by atoms with Crippen LogP contribution in [0.3, 0.4) is 0 Å². The molecule has 0 amide bonds. The standard InChI is InChI=1S/C14H10N2O4/c1-8-7-11(17)16(13(18)12(8)15-2)10-5-3-9(4-6-10)14(19)20/h3-7,18H,1H3,(H,19,20). The molecule has 20 heavy (non-hydrogen) atoms. The highest BCUT2D eigenvalue weighted by atomic mass is 16.4. The molecule has 0 spiro atoms. The first-order valence-electron chi connectivity index (χ1n) is 5.62. The first-order valence-corrected chi connectivity index (χ1v) is 5.62. The number of benzene rings is 1. The second kappa shape index (κ2) is 4.90. The van der Waals surface area contributed by atoms with E-state index in [1.807, 2.05) is 0 Å². The average molecular weight is 270 g/mol. The molecule has 2 aromatic rings. The van der Waals surface area contributed by atoms with Gasteiger partial charge in [0, 0.05) is 0 Å². The maximum absolute atomic E-state index is 11.9. The van der Waals surface area contributed by atoms with Gasteiger partial charge in [-0.15, -0.1) is 0 Å². The molecule has 0 aliphatic heterocycles. The van der Waals surface area contributed by atoms with E-state index in [0.717, 1.165) is 4.57 Å². The van der Waals surface area contributed by atoms with Crippen LogP contribution < -0.4 is 5.56 Å². The van der Waals surface area contributed by atoms with Crippen molar-refractivity contribution in [1.29, 1.82) is 0 Å². The summed E-state index contributed by atoms with van der Waals surface area (Å²) in [6.45, 7) is 8.58. The van der Waals surface area contributed by atoms with Crippen molar-refractivity contribution in [2.24, 2.45) is 0 Å². The van der Waals surface area contributed by atoms with E-state index in [-0.39, 0.29) is 11.3 Å². The van der Waals surface area contributed by atoms with E-state index in [1.165, 1.54) is 30.3 Å². The molecule has 0 aliphatic carbocycles. The molecular formula is C14H10N2O4. The number of aromatic nitrogens is 1. The number of aryl methyl sites for hydroxylation is 1. The lowest BCUT2D eigenvalue weighted by Crippen LogP contribution is -2.17. The summed E-state index contributed by atoms with van der Waals surface area (Å²) in [4.78, 5) is 25.9. The molecule has 0 saturated heterocycles. The zero-order valence-corrected chi connectivity index (χ0v) is 10.5. The van der Waals surface area contributed by atoms with Gasteiger partial charge in [-0.2, -0.15) is 0 Å². The highest BCUT2D eigenvalue weighted by molar-refractivity contribution is 5.87. The van der Waals surface area contributed by atoms with Gasteiger partial charge >= 0.3 is 5.97 Å². The van der Waals surface area contributed by atoms with Crippen molar-refractivity contribution in [2.75, 3.05) is 0 Å². The Kier molecular flexibility index (Phi) is 3.27. The first-order chi connectivity index (χ1) is 9.45. The Morgan fingerprint density at radius 2 is 1.90 bits per heavy atom. The van der Waals surface area contributed by atoms with Gasteiger partial charge in [-0.05, 0) is 42.8 Å². The van der Waals surface area contributed by atoms with Gasteiger partial charge in [0.05, 0.1) is 17.8 Å². The highest BCUT2D eigenvalue weighted by Gasteiger charge is 2.14. The van der Waals surface area contributed by atoms with Gasteiger partial charge in [0.1, 0.15) is 0 Å². The Morgan fingerprint density at radius 1 is 1.30 bits per heavy atom. The second-order valence-electron chi connectivity index (χ2n) is 4.14. The number of aromatic hydroxyl groups is 1. The van der Waals surface area contributed by atoms with Gasteiger partial charge < -0.3 is 10.2 Å². The maximum Gasteiger partial charge on any atom is 0.335 e. The molecule has 0 aliphatic rings. The van der Waals surface area contributed by atoms with Crippen LogP contribution in [-0.2, 0) is 0 Å². The summed E-state index contributed by atoms with van der Waals surface area (Å²) in [5, 5.41) is 18.8. The maximum atomic E-state index is 11.9. The largest absolute Gasteiger partial charge is 0.502 e. The SMILES string of the molecule is [C-]#[N+]c1c(C)cc(=O)n(-c2ccc(C(=O)O)cc2)c1O. The third-order valence-electron chi connectivity index (χ3n) is 2.84. The summed E-state index contributed by atoms with van der Waals surface area (Å²) >= 11 is 0. The Hall–Kier alpha value is -3.07. The number of hydrogen-bond acceptors (Lipinski definition) is 3. The lowest BCUT2D eigenvalue weighted by atomic mass is 10.2. The fourth-order valence-corrected chi connectivity index (χ4v) is 1.85. The quantitative estimate of drug-likeness (QED) is 0.818. The number of carboxylic acids is 1. The van der Waals surface area contributed by atoms with Crippen LogP contribution in [0.15, 0.2) is 35.1 Å². The summed E-state index contributed by atoms with van der Waals surface area (Å²) in [6.07, 6.45) is 0. The fraction of sp³-hybridized carbons (Fsp3) is 0.0714. The molecule has 0 fully saturated rings. The van der Waals surface area contributed by atoms with E-state index in [9.17, 15) is 14.7 Å². The molecule has 0 unspecified atom stereocenters. The van der Waals surface area contributed by atoms with E-state index >= 15 is 0 Å². The molecule has 0 atom stereocenters. The molecule has 0 saturated carbocycles. The molecule has 1 heterocycles. The molecule has 0 bridgehead atoms. The van der Waals surface area contributed by atoms with E-state index in [0.29, 0.717) is 11.3 Å². The van der Waals surface area contributed by atoms with Gasteiger partial charge in [0.15, 0.2) is 0 Å². The number of rotatable bonds is 2. The van der Waals surface area contributed by atoms with Crippen molar-refractivity contribution in [3.05, 3.63) is 63.2 Å². The summed E-state index contributed by atoms with van der Waals surface area (Å²) in [5.74, 6) is -1.54. The molecule has 2 N–H and O–H groups in total. The van der Waals surface area contributed by atoms with Crippen molar-refractivity contribution < 1.29 is 15.0 Å². The van der Waals surface area contributed by atoms with Crippen molar-refractivity contribution in [3.8, 4) is 11.6 Å². The van der Waals surface area contributed by atoms with Crippen molar-refractivity contribution in [3.63, 3.8) is 0 Å². The lowest BCUT2D eigenvalue weighted by Gasteiger charge is -2.11. The Morgan fingerprint density at radius 3 is 2.40 bits per heavy atom. The zero-order chi connectivity index (χ0) is 14.9. The van der Waals surface area contributed by atoms with Gasteiger partial charge in [-0.25, -0.2) is 9.64 Å². The summed E-state index contributed by atoms with van der Waals surface area (Å²) in [6, 6.07) is 6.68. The predicted molar refractivity (Wildman–Crippen MR) is 71.7 cm³/mol. The first kappa shape index (κ1) is 13.4. The number of aromatic carboxylic acids is 1. The molecule has 6 heteroatoms. The highest BCUT2D eigenvalue weighted by Crippen LogP contribution is 2.30. The molecule has 6 nitrogen and oxygen atoms in total. The van der Waals surface area contributed by atoms with Gasteiger partial charge in [-0.1, -0.05) is 0 Å². The number of carboxylic acid groups (broad SMARTS) is 1. The van der Waals surface area contributed by atoms with Gasteiger partial charge in [0.2, 0.25) is 11.6 Å². The van der Waals surface area contributed by atoms with Crippen LogP contribution in [0.2, 0.25) is 0 Å². The number of carbonyl (C=O) groups is 1. The Balaban J connectivity index is 2.67. The van der Waals surface area contributed by atoms with Crippen molar-refractivity contribution >= 4 is 11.7 Å². The molecule has 1 aromatic carbocycles. The average Bonchev–Trinajstić information content (AvgIpc) is 2.39. The number of pyridine rings is 1. The van der Waals surface area contributed by atoms with Crippen molar-refractivity contribution in [2.45, 2.75) is 6.92 Å². The fourth-order valence-electron chi connectivity index (χ4n) is 1.85. The smallest absolute Gasteiger partial charge is 0.335 e. The van der Waals surface area contributed by atoms with Crippen LogP contribution in [0, 0.1) is 13.5 Å². The summed E-state index contributed by atoms with van der Waals surface area (Å²) in [5.41, 5.74) is 0.254. The van der Waals surface area contributed by atoms with Crippen LogP contribution >= 0.6 is 0 Å². The molecule has 0 radical (unpaired) electrons. The molecule has 1 aromatic heterocycles.